The highest BCUT2D eigenvalue weighted by Gasteiger charge is 2.24. The summed E-state index contributed by atoms with van der Waals surface area (Å²) in [6, 6.07) is 8.37. The van der Waals surface area contributed by atoms with Gasteiger partial charge >= 0.3 is 6.09 Å². The molecule has 0 bridgehead atoms. The van der Waals surface area contributed by atoms with Gasteiger partial charge in [0.15, 0.2) is 0 Å². The molecule has 0 aromatic heterocycles. The summed E-state index contributed by atoms with van der Waals surface area (Å²) in [6.07, 6.45) is 1.26. The minimum absolute atomic E-state index is 0.224. The second-order valence-electron chi connectivity index (χ2n) is 6.61. The molecule has 0 radical (unpaired) electrons. The summed E-state index contributed by atoms with van der Waals surface area (Å²) in [4.78, 5) is 30.2. The van der Waals surface area contributed by atoms with Gasteiger partial charge in [-0.2, -0.15) is 0 Å². The third-order valence-corrected chi connectivity index (χ3v) is 5.02. The Labute approximate surface area is 149 Å². The maximum atomic E-state index is 12.5. The first-order valence-electron chi connectivity index (χ1n) is 9.16. The van der Waals surface area contributed by atoms with Gasteiger partial charge in [-0.1, -0.05) is 24.3 Å². The summed E-state index contributed by atoms with van der Waals surface area (Å²) in [5.41, 5.74) is 2.63. The number of ether oxygens (including phenoxy) is 1. The van der Waals surface area contributed by atoms with Gasteiger partial charge in [-0.15, -0.1) is 0 Å². The highest BCUT2D eigenvalue weighted by atomic mass is 16.6. The molecule has 0 saturated carbocycles. The fraction of sp³-hybridized carbons (Fsp3) is 0.579. The molecule has 3 rings (SSSR count). The minimum atomic E-state index is -0.231. The van der Waals surface area contributed by atoms with Gasteiger partial charge < -0.3 is 14.5 Å². The largest absolute Gasteiger partial charge is 0.450 e. The summed E-state index contributed by atoms with van der Waals surface area (Å²) >= 11 is 0. The van der Waals surface area contributed by atoms with E-state index in [1.54, 1.807) is 4.90 Å². The highest BCUT2D eigenvalue weighted by molar-refractivity contribution is 5.76. The van der Waals surface area contributed by atoms with Crippen LogP contribution in [0.25, 0.3) is 0 Å². The van der Waals surface area contributed by atoms with Crippen LogP contribution in [-0.2, 0) is 22.5 Å². The van der Waals surface area contributed by atoms with Crippen molar-refractivity contribution in [2.24, 2.45) is 0 Å². The van der Waals surface area contributed by atoms with Crippen LogP contribution in [0.15, 0.2) is 24.3 Å². The lowest BCUT2D eigenvalue weighted by atomic mass is 10.00. The number of hydrogen-bond donors (Lipinski definition) is 0. The molecule has 0 atom stereocenters. The van der Waals surface area contributed by atoms with Crippen molar-refractivity contribution in [2.75, 3.05) is 45.9 Å². The molecular formula is C19H27N3O3. The van der Waals surface area contributed by atoms with Gasteiger partial charge in [0.05, 0.1) is 6.61 Å². The van der Waals surface area contributed by atoms with Crippen molar-refractivity contribution in [1.29, 1.82) is 0 Å². The van der Waals surface area contributed by atoms with E-state index in [2.05, 4.69) is 23.1 Å². The van der Waals surface area contributed by atoms with Crippen molar-refractivity contribution in [1.82, 2.24) is 14.7 Å². The van der Waals surface area contributed by atoms with Crippen molar-refractivity contribution in [3.05, 3.63) is 35.4 Å². The topological polar surface area (TPSA) is 53.1 Å². The second kappa shape index (κ2) is 8.34. The number of amides is 2. The minimum Gasteiger partial charge on any atom is -0.450 e. The molecule has 6 nitrogen and oxygen atoms in total. The van der Waals surface area contributed by atoms with Gasteiger partial charge in [0.25, 0.3) is 0 Å². The van der Waals surface area contributed by atoms with Gasteiger partial charge in [-0.25, -0.2) is 4.79 Å². The van der Waals surface area contributed by atoms with Gasteiger partial charge in [-0.3, -0.25) is 9.69 Å². The van der Waals surface area contributed by atoms with Crippen molar-refractivity contribution < 1.29 is 14.3 Å². The predicted molar refractivity (Wildman–Crippen MR) is 95.2 cm³/mol. The van der Waals surface area contributed by atoms with Crippen LogP contribution in [0.2, 0.25) is 0 Å². The lowest BCUT2D eigenvalue weighted by molar-refractivity contribution is -0.132. The maximum absolute atomic E-state index is 12.5. The monoisotopic (exact) mass is 345 g/mol. The third-order valence-electron chi connectivity index (χ3n) is 5.02. The van der Waals surface area contributed by atoms with E-state index in [1.807, 2.05) is 17.9 Å². The molecule has 2 aliphatic heterocycles. The van der Waals surface area contributed by atoms with Crippen LogP contribution in [0.1, 0.15) is 24.5 Å². The normalized spacial score (nSPS) is 18.0. The Morgan fingerprint density at radius 1 is 1.00 bits per heavy atom. The molecule has 0 aliphatic carbocycles. The number of fused-ring (bicyclic) bond motifs is 1. The molecule has 0 spiro atoms. The number of nitrogens with zero attached hydrogens (tertiary/aromatic N) is 3. The standard InChI is InChI=1S/C19H27N3O3/c1-2-25-19(24)21-13-11-20(12-14-21)9-8-18(23)22-10-7-16-5-3-4-6-17(16)15-22/h3-6H,2,7-15H2,1H3. The molecule has 1 aromatic carbocycles. The van der Waals surface area contributed by atoms with Crippen LogP contribution in [0.5, 0.6) is 0 Å². The van der Waals surface area contributed by atoms with E-state index < -0.39 is 0 Å². The van der Waals surface area contributed by atoms with Crippen LogP contribution in [0.4, 0.5) is 4.79 Å². The number of hydrogen-bond acceptors (Lipinski definition) is 4. The van der Waals surface area contributed by atoms with E-state index >= 15 is 0 Å². The summed E-state index contributed by atoms with van der Waals surface area (Å²) < 4.78 is 5.03. The van der Waals surface area contributed by atoms with E-state index in [1.165, 1.54) is 11.1 Å². The number of benzene rings is 1. The van der Waals surface area contributed by atoms with Crippen LogP contribution in [0, 0.1) is 0 Å². The Balaban J connectivity index is 1.41. The molecule has 0 unspecified atom stereocenters. The van der Waals surface area contributed by atoms with Crippen LogP contribution < -0.4 is 0 Å². The smallest absolute Gasteiger partial charge is 0.409 e. The average molecular weight is 345 g/mol. The fourth-order valence-corrected chi connectivity index (χ4v) is 3.49. The summed E-state index contributed by atoms with van der Waals surface area (Å²) in [6.45, 7) is 7.47. The SMILES string of the molecule is CCOC(=O)N1CCN(CCC(=O)N2CCc3ccccc3C2)CC1. The number of rotatable bonds is 4. The molecule has 1 aromatic rings. The molecule has 25 heavy (non-hydrogen) atoms. The zero-order valence-corrected chi connectivity index (χ0v) is 14.9. The van der Waals surface area contributed by atoms with E-state index in [4.69, 9.17) is 4.74 Å². The first-order valence-corrected chi connectivity index (χ1v) is 9.16. The zero-order chi connectivity index (χ0) is 17.6. The number of carbonyl (C=O) groups excluding carboxylic acids is 2. The average Bonchev–Trinajstić information content (AvgIpc) is 2.66. The fourth-order valence-electron chi connectivity index (χ4n) is 3.49. The lowest BCUT2D eigenvalue weighted by Gasteiger charge is -2.34. The summed E-state index contributed by atoms with van der Waals surface area (Å²) in [5, 5.41) is 0. The van der Waals surface area contributed by atoms with Gasteiger partial charge in [0, 0.05) is 52.2 Å². The van der Waals surface area contributed by atoms with Crippen LogP contribution in [-0.4, -0.2) is 72.6 Å². The Morgan fingerprint density at radius 2 is 1.72 bits per heavy atom. The van der Waals surface area contributed by atoms with Crippen molar-refractivity contribution in [3.63, 3.8) is 0 Å². The Bertz CT molecular complexity index is 612. The summed E-state index contributed by atoms with van der Waals surface area (Å²) in [7, 11) is 0. The number of piperazine rings is 1. The van der Waals surface area contributed by atoms with Crippen molar-refractivity contribution in [3.8, 4) is 0 Å². The lowest BCUT2D eigenvalue weighted by Crippen LogP contribution is -2.49. The Hall–Kier alpha value is -2.08. The first-order chi connectivity index (χ1) is 12.2. The molecule has 0 N–H and O–H groups in total. The van der Waals surface area contributed by atoms with Gasteiger partial charge in [-0.05, 0) is 24.5 Å². The summed E-state index contributed by atoms with van der Waals surface area (Å²) in [5.74, 6) is 0.224. The first kappa shape index (κ1) is 17.7. The van der Waals surface area contributed by atoms with Gasteiger partial charge in [0.2, 0.25) is 5.91 Å². The predicted octanol–water partition coefficient (Wildman–Crippen LogP) is 1.74. The number of carbonyl (C=O) groups is 2. The van der Waals surface area contributed by atoms with Crippen molar-refractivity contribution in [2.45, 2.75) is 26.3 Å². The molecule has 136 valence electrons. The van der Waals surface area contributed by atoms with E-state index in [-0.39, 0.29) is 12.0 Å². The van der Waals surface area contributed by atoms with E-state index in [0.29, 0.717) is 26.1 Å². The third kappa shape index (κ3) is 4.51. The molecule has 2 heterocycles. The van der Waals surface area contributed by atoms with E-state index in [9.17, 15) is 9.59 Å². The molecular weight excluding hydrogens is 318 g/mol. The molecule has 1 saturated heterocycles. The van der Waals surface area contributed by atoms with Crippen LogP contribution >= 0.6 is 0 Å². The molecule has 6 heteroatoms. The molecule has 2 aliphatic rings. The highest BCUT2D eigenvalue weighted by Crippen LogP contribution is 2.19. The molecule has 1 fully saturated rings. The maximum Gasteiger partial charge on any atom is 0.409 e. The quantitative estimate of drug-likeness (QED) is 0.834. The van der Waals surface area contributed by atoms with Crippen molar-refractivity contribution >= 4 is 12.0 Å². The Morgan fingerprint density at radius 3 is 2.44 bits per heavy atom. The molecule has 2 amide bonds. The Kier molecular flexibility index (Phi) is 5.91. The van der Waals surface area contributed by atoms with E-state index in [0.717, 1.165) is 39.1 Å². The van der Waals surface area contributed by atoms with Crippen LogP contribution in [0.3, 0.4) is 0 Å². The zero-order valence-electron chi connectivity index (χ0n) is 14.9. The van der Waals surface area contributed by atoms with Gasteiger partial charge in [0.1, 0.15) is 0 Å². The second-order valence-corrected chi connectivity index (χ2v) is 6.61.